The first-order valence-electron chi connectivity index (χ1n) is 9.06. The van der Waals surface area contributed by atoms with Gasteiger partial charge in [-0.1, -0.05) is 11.2 Å². The highest BCUT2D eigenvalue weighted by molar-refractivity contribution is 5.91. The third kappa shape index (κ3) is 3.67. The normalized spacial score (nSPS) is 20.0. The Bertz CT molecular complexity index is 789. The Hall–Kier alpha value is -2.54. The zero-order valence-corrected chi connectivity index (χ0v) is 14.9. The molecule has 1 atom stereocenters. The van der Waals surface area contributed by atoms with E-state index >= 15 is 0 Å². The minimum atomic E-state index is -0.0950. The van der Waals surface area contributed by atoms with Gasteiger partial charge in [-0.05, 0) is 44.0 Å². The third-order valence-corrected chi connectivity index (χ3v) is 4.76. The molecule has 2 aliphatic rings. The number of aromatic nitrogens is 1. The second kappa shape index (κ2) is 7.37. The highest BCUT2D eigenvalue weighted by Gasteiger charge is 2.28. The van der Waals surface area contributed by atoms with Crippen molar-refractivity contribution < 1.29 is 18.8 Å². The van der Waals surface area contributed by atoms with E-state index in [1.54, 1.807) is 6.07 Å². The molecule has 1 saturated heterocycles. The molecule has 0 spiro atoms. The van der Waals surface area contributed by atoms with Gasteiger partial charge in [0.1, 0.15) is 0 Å². The molecular weight excluding hydrogens is 334 g/mol. The number of fused-ring (bicyclic) bond motifs is 1. The van der Waals surface area contributed by atoms with E-state index in [4.69, 9.17) is 14.0 Å². The second-order valence-corrected chi connectivity index (χ2v) is 6.77. The fourth-order valence-corrected chi connectivity index (χ4v) is 3.56. The predicted octanol–water partition coefficient (Wildman–Crippen LogP) is 2.92. The molecule has 2 aromatic rings. The van der Waals surface area contributed by atoms with Gasteiger partial charge in [-0.3, -0.25) is 15.0 Å². The van der Waals surface area contributed by atoms with Gasteiger partial charge in [0.15, 0.2) is 11.5 Å². The number of hydrogen-bond acceptors (Lipinski definition) is 6. The van der Waals surface area contributed by atoms with Crippen molar-refractivity contribution in [3.8, 4) is 11.5 Å². The van der Waals surface area contributed by atoms with Gasteiger partial charge in [-0.15, -0.1) is 0 Å². The van der Waals surface area contributed by atoms with Crippen molar-refractivity contribution in [2.24, 2.45) is 0 Å². The molecule has 1 aromatic carbocycles. The minimum absolute atomic E-state index is 0.0950. The van der Waals surface area contributed by atoms with Gasteiger partial charge in [-0.2, -0.15) is 0 Å². The van der Waals surface area contributed by atoms with Crippen molar-refractivity contribution in [1.29, 1.82) is 0 Å². The summed E-state index contributed by atoms with van der Waals surface area (Å²) in [5, 5.41) is 6.55. The molecule has 1 amide bonds. The van der Waals surface area contributed by atoms with Gasteiger partial charge in [0.05, 0.1) is 25.5 Å². The number of carbonyl (C=O) groups is 1. The fraction of sp³-hybridized carbons (Fsp3) is 0.474. The van der Waals surface area contributed by atoms with Gasteiger partial charge < -0.3 is 14.0 Å². The van der Waals surface area contributed by atoms with Gasteiger partial charge in [0.2, 0.25) is 11.8 Å². The summed E-state index contributed by atoms with van der Waals surface area (Å²) >= 11 is 0. The van der Waals surface area contributed by atoms with Crippen molar-refractivity contribution in [2.45, 2.75) is 32.2 Å². The van der Waals surface area contributed by atoms with Crippen LogP contribution in [-0.2, 0) is 4.79 Å². The van der Waals surface area contributed by atoms with E-state index in [1.807, 2.05) is 13.0 Å². The molecule has 2 aliphatic heterocycles. The first kappa shape index (κ1) is 16.9. The molecule has 1 N–H and O–H groups in total. The molecule has 26 heavy (non-hydrogen) atoms. The Morgan fingerprint density at radius 1 is 1.23 bits per heavy atom. The fourth-order valence-electron chi connectivity index (χ4n) is 3.56. The standard InChI is InChI=1S/C19H23N3O4/c1-13-10-19(26-21-13)20-18(23)12-22-7-2-4-15(22)14-5-6-16-17(11-14)25-9-3-8-24-16/h5-6,10-11,15H,2-4,7-9,12H2,1H3,(H,20,23). The van der Waals surface area contributed by atoms with Crippen molar-refractivity contribution >= 4 is 11.8 Å². The Morgan fingerprint density at radius 2 is 2.08 bits per heavy atom. The Kier molecular flexibility index (Phi) is 4.79. The molecule has 1 fully saturated rings. The van der Waals surface area contributed by atoms with Crippen LogP contribution in [0.3, 0.4) is 0 Å². The predicted molar refractivity (Wildman–Crippen MR) is 95.5 cm³/mol. The average Bonchev–Trinajstić information content (AvgIpc) is 3.17. The maximum absolute atomic E-state index is 12.3. The van der Waals surface area contributed by atoms with E-state index in [9.17, 15) is 4.79 Å². The lowest BCUT2D eigenvalue weighted by molar-refractivity contribution is -0.117. The van der Waals surface area contributed by atoms with Crippen LogP contribution in [0.4, 0.5) is 5.88 Å². The van der Waals surface area contributed by atoms with Gasteiger partial charge >= 0.3 is 0 Å². The SMILES string of the molecule is Cc1cc(NC(=O)CN2CCCC2c2ccc3c(c2)OCCCO3)on1. The monoisotopic (exact) mass is 357 g/mol. The number of nitrogens with zero attached hydrogens (tertiary/aromatic N) is 2. The Balaban J connectivity index is 1.44. The molecule has 0 radical (unpaired) electrons. The van der Waals surface area contributed by atoms with Crippen LogP contribution in [0.5, 0.6) is 11.5 Å². The van der Waals surface area contributed by atoms with Gasteiger partial charge in [0.25, 0.3) is 0 Å². The number of anilines is 1. The molecule has 4 rings (SSSR count). The zero-order valence-electron chi connectivity index (χ0n) is 14.9. The summed E-state index contributed by atoms with van der Waals surface area (Å²) in [7, 11) is 0. The molecule has 0 aliphatic carbocycles. The van der Waals surface area contributed by atoms with E-state index in [2.05, 4.69) is 27.5 Å². The molecule has 0 saturated carbocycles. The summed E-state index contributed by atoms with van der Waals surface area (Å²) < 4.78 is 16.6. The Morgan fingerprint density at radius 3 is 2.88 bits per heavy atom. The molecule has 7 nitrogen and oxygen atoms in total. The molecule has 1 unspecified atom stereocenters. The first-order valence-corrected chi connectivity index (χ1v) is 9.06. The smallest absolute Gasteiger partial charge is 0.240 e. The highest BCUT2D eigenvalue weighted by Crippen LogP contribution is 2.37. The lowest BCUT2D eigenvalue weighted by atomic mass is 10.0. The summed E-state index contributed by atoms with van der Waals surface area (Å²) in [4.78, 5) is 14.5. The lowest BCUT2D eigenvalue weighted by Crippen LogP contribution is -2.32. The van der Waals surface area contributed by atoms with Crippen molar-refractivity contribution in [2.75, 3.05) is 31.6 Å². The number of aryl methyl sites for hydroxylation is 1. The van der Waals surface area contributed by atoms with Crippen LogP contribution < -0.4 is 14.8 Å². The third-order valence-electron chi connectivity index (χ3n) is 4.76. The zero-order chi connectivity index (χ0) is 17.9. The van der Waals surface area contributed by atoms with E-state index in [0.29, 0.717) is 25.6 Å². The summed E-state index contributed by atoms with van der Waals surface area (Å²) in [5.41, 5.74) is 1.90. The number of ether oxygens (including phenoxy) is 2. The average molecular weight is 357 g/mol. The van der Waals surface area contributed by atoms with Crippen LogP contribution >= 0.6 is 0 Å². The molecular formula is C19H23N3O4. The lowest BCUT2D eigenvalue weighted by Gasteiger charge is -2.24. The topological polar surface area (TPSA) is 76.8 Å². The van der Waals surface area contributed by atoms with Gasteiger partial charge in [0, 0.05) is 18.5 Å². The van der Waals surface area contributed by atoms with Crippen molar-refractivity contribution in [3.63, 3.8) is 0 Å². The molecule has 1 aromatic heterocycles. The first-order chi connectivity index (χ1) is 12.7. The van der Waals surface area contributed by atoms with E-state index in [0.717, 1.165) is 48.6 Å². The number of hydrogen-bond donors (Lipinski definition) is 1. The van der Waals surface area contributed by atoms with Crippen LogP contribution in [0.15, 0.2) is 28.8 Å². The number of carbonyl (C=O) groups excluding carboxylic acids is 1. The van der Waals surface area contributed by atoms with Crippen molar-refractivity contribution in [1.82, 2.24) is 10.1 Å². The number of amides is 1. The summed E-state index contributed by atoms with van der Waals surface area (Å²) in [5.74, 6) is 1.89. The van der Waals surface area contributed by atoms with E-state index < -0.39 is 0 Å². The molecule has 3 heterocycles. The molecule has 138 valence electrons. The van der Waals surface area contributed by atoms with Crippen LogP contribution in [0.2, 0.25) is 0 Å². The number of benzene rings is 1. The molecule has 0 bridgehead atoms. The van der Waals surface area contributed by atoms with Crippen molar-refractivity contribution in [3.05, 3.63) is 35.5 Å². The van der Waals surface area contributed by atoms with Crippen LogP contribution in [-0.4, -0.2) is 42.3 Å². The van der Waals surface area contributed by atoms with Crippen LogP contribution in [0.25, 0.3) is 0 Å². The van der Waals surface area contributed by atoms with E-state index in [-0.39, 0.29) is 11.9 Å². The number of likely N-dealkylation sites (tertiary alicyclic amines) is 1. The van der Waals surface area contributed by atoms with Crippen LogP contribution in [0, 0.1) is 6.92 Å². The molecule has 7 heteroatoms. The number of rotatable bonds is 4. The largest absolute Gasteiger partial charge is 0.490 e. The number of nitrogens with one attached hydrogen (secondary N) is 1. The quantitative estimate of drug-likeness (QED) is 0.907. The maximum atomic E-state index is 12.3. The summed E-state index contributed by atoms with van der Waals surface area (Å²) in [6, 6.07) is 8.03. The Labute approximate surface area is 152 Å². The highest BCUT2D eigenvalue weighted by atomic mass is 16.5. The second-order valence-electron chi connectivity index (χ2n) is 6.77. The summed E-state index contributed by atoms with van der Waals surface area (Å²) in [6.45, 7) is 4.38. The maximum Gasteiger partial charge on any atom is 0.240 e. The van der Waals surface area contributed by atoms with E-state index in [1.165, 1.54) is 0 Å². The minimum Gasteiger partial charge on any atom is -0.490 e. The summed E-state index contributed by atoms with van der Waals surface area (Å²) in [6.07, 6.45) is 2.98. The van der Waals surface area contributed by atoms with Crippen LogP contribution in [0.1, 0.15) is 36.6 Å². The van der Waals surface area contributed by atoms with Gasteiger partial charge in [-0.25, -0.2) is 0 Å².